The van der Waals surface area contributed by atoms with Crippen molar-refractivity contribution in [3.05, 3.63) is 10.4 Å². The van der Waals surface area contributed by atoms with E-state index < -0.39 is 5.91 Å². The van der Waals surface area contributed by atoms with Gasteiger partial charge in [-0.15, -0.1) is 0 Å². The van der Waals surface area contributed by atoms with Gasteiger partial charge in [0.15, 0.2) is 0 Å². The van der Waals surface area contributed by atoms with Crippen molar-refractivity contribution >= 4 is 5.91 Å². The van der Waals surface area contributed by atoms with Crippen molar-refractivity contribution in [1.82, 2.24) is 0 Å². The Morgan fingerprint density at radius 2 is 2.56 bits per heavy atom. The van der Waals surface area contributed by atoms with E-state index in [0.29, 0.717) is 0 Å². The minimum atomic E-state index is -0.442. The third-order valence-electron chi connectivity index (χ3n) is 0.904. The molecule has 0 aromatic carbocycles. The predicted octanol–water partition coefficient (Wildman–Crippen LogP) is 0.418. The summed E-state index contributed by atoms with van der Waals surface area (Å²) in [6.07, 6.45) is 0. The van der Waals surface area contributed by atoms with Gasteiger partial charge in [-0.05, 0) is 5.53 Å². The Morgan fingerprint density at radius 3 is 2.89 bits per heavy atom. The van der Waals surface area contributed by atoms with Gasteiger partial charge in [0, 0.05) is 17.4 Å². The van der Waals surface area contributed by atoms with Crippen LogP contribution in [0.5, 0.6) is 0 Å². The van der Waals surface area contributed by atoms with Gasteiger partial charge in [-0.3, -0.25) is 4.79 Å². The second-order valence-electron chi connectivity index (χ2n) is 1.72. The maximum atomic E-state index is 10.2. The summed E-state index contributed by atoms with van der Waals surface area (Å²) in [5.74, 6) is -0.802. The standard InChI is InChI=1S/C4H8N4O/c1-3(4(5)9)2-7-8-6/h3H,2H2,1H3,(H2,5,9). The summed E-state index contributed by atoms with van der Waals surface area (Å²) in [7, 11) is 0. The molecular formula is C4H8N4O. The zero-order valence-electron chi connectivity index (χ0n) is 5.11. The summed E-state index contributed by atoms with van der Waals surface area (Å²) < 4.78 is 0. The lowest BCUT2D eigenvalue weighted by atomic mass is 10.2. The van der Waals surface area contributed by atoms with Crippen LogP contribution in [0.1, 0.15) is 6.92 Å². The largest absolute Gasteiger partial charge is 0.369 e. The average Bonchev–Trinajstić information content (AvgIpc) is 1.82. The van der Waals surface area contributed by atoms with Gasteiger partial charge >= 0.3 is 0 Å². The van der Waals surface area contributed by atoms with E-state index in [1.54, 1.807) is 6.92 Å². The van der Waals surface area contributed by atoms with Crippen molar-refractivity contribution in [1.29, 1.82) is 0 Å². The molecule has 2 N–H and O–H groups in total. The van der Waals surface area contributed by atoms with E-state index in [0.717, 1.165) is 0 Å². The minimum absolute atomic E-state index is 0.145. The van der Waals surface area contributed by atoms with Gasteiger partial charge in [-0.2, -0.15) is 0 Å². The first-order chi connectivity index (χ1) is 4.18. The van der Waals surface area contributed by atoms with Crippen LogP contribution in [0.2, 0.25) is 0 Å². The molecule has 1 unspecified atom stereocenters. The zero-order chi connectivity index (χ0) is 7.28. The normalized spacial score (nSPS) is 11.7. The molecule has 0 saturated carbocycles. The van der Waals surface area contributed by atoms with Crippen molar-refractivity contribution < 1.29 is 4.79 Å². The SMILES string of the molecule is CC(CN=[N+]=[N-])C(N)=O. The van der Waals surface area contributed by atoms with E-state index in [2.05, 4.69) is 10.0 Å². The number of amides is 1. The van der Waals surface area contributed by atoms with Crippen LogP contribution in [-0.2, 0) is 4.79 Å². The third-order valence-corrected chi connectivity index (χ3v) is 0.904. The van der Waals surface area contributed by atoms with Gasteiger partial charge in [-0.25, -0.2) is 0 Å². The van der Waals surface area contributed by atoms with Gasteiger partial charge in [0.2, 0.25) is 5.91 Å². The third kappa shape index (κ3) is 3.37. The lowest BCUT2D eigenvalue weighted by Gasteiger charge is -1.98. The summed E-state index contributed by atoms with van der Waals surface area (Å²) >= 11 is 0. The van der Waals surface area contributed by atoms with Crippen molar-refractivity contribution in [3.63, 3.8) is 0 Å². The lowest BCUT2D eigenvalue weighted by molar-refractivity contribution is -0.120. The first-order valence-electron chi connectivity index (χ1n) is 2.48. The summed E-state index contributed by atoms with van der Waals surface area (Å²) in [5, 5.41) is 3.17. The van der Waals surface area contributed by atoms with Gasteiger partial charge < -0.3 is 5.73 Å². The Balaban J connectivity index is 3.63. The van der Waals surface area contributed by atoms with Crippen molar-refractivity contribution in [2.24, 2.45) is 16.8 Å². The van der Waals surface area contributed by atoms with Crippen LogP contribution < -0.4 is 5.73 Å². The van der Waals surface area contributed by atoms with Crippen LogP contribution in [-0.4, -0.2) is 12.5 Å². The van der Waals surface area contributed by atoms with Crippen LogP contribution >= 0.6 is 0 Å². The van der Waals surface area contributed by atoms with Gasteiger partial charge in [0.05, 0.1) is 0 Å². The van der Waals surface area contributed by atoms with E-state index >= 15 is 0 Å². The fourth-order valence-corrected chi connectivity index (χ4v) is 0.249. The highest BCUT2D eigenvalue weighted by molar-refractivity contribution is 5.76. The van der Waals surface area contributed by atoms with E-state index in [4.69, 9.17) is 11.3 Å². The number of nitrogens with two attached hydrogens (primary N) is 1. The highest BCUT2D eigenvalue weighted by Gasteiger charge is 2.04. The number of nitrogens with zero attached hydrogens (tertiary/aromatic N) is 3. The molecule has 0 spiro atoms. The van der Waals surface area contributed by atoms with Crippen molar-refractivity contribution in [3.8, 4) is 0 Å². The highest BCUT2D eigenvalue weighted by Crippen LogP contribution is 1.92. The molecule has 5 nitrogen and oxygen atoms in total. The first kappa shape index (κ1) is 7.78. The van der Waals surface area contributed by atoms with Gasteiger partial charge in [0.1, 0.15) is 0 Å². The van der Waals surface area contributed by atoms with Crippen LogP contribution in [0.25, 0.3) is 10.4 Å². The highest BCUT2D eigenvalue weighted by atomic mass is 16.1. The molecule has 0 aliphatic carbocycles. The quantitative estimate of drug-likeness (QED) is 0.333. The number of carbonyl (C=O) groups excluding carboxylic acids is 1. The molecule has 1 atom stereocenters. The number of hydrogen-bond donors (Lipinski definition) is 1. The molecule has 0 aliphatic heterocycles. The molecule has 0 saturated heterocycles. The second kappa shape index (κ2) is 3.74. The molecule has 50 valence electrons. The predicted molar refractivity (Wildman–Crippen MR) is 32.4 cm³/mol. The second-order valence-corrected chi connectivity index (χ2v) is 1.72. The molecule has 9 heavy (non-hydrogen) atoms. The Hall–Kier alpha value is -1.22. The molecule has 0 heterocycles. The fourth-order valence-electron chi connectivity index (χ4n) is 0.249. The van der Waals surface area contributed by atoms with Crippen LogP contribution in [0.3, 0.4) is 0 Å². The molecule has 0 bridgehead atoms. The zero-order valence-corrected chi connectivity index (χ0v) is 5.11. The Morgan fingerprint density at radius 1 is 2.00 bits per heavy atom. The van der Waals surface area contributed by atoms with Crippen LogP contribution in [0.15, 0.2) is 5.11 Å². The molecule has 5 heteroatoms. The number of primary amides is 1. The number of carbonyl (C=O) groups is 1. The number of rotatable bonds is 3. The topological polar surface area (TPSA) is 91.8 Å². The Kier molecular flexibility index (Phi) is 3.23. The number of hydrogen-bond acceptors (Lipinski definition) is 2. The maximum absolute atomic E-state index is 10.2. The molecule has 0 radical (unpaired) electrons. The molecule has 0 fully saturated rings. The number of azide groups is 1. The molecular weight excluding hydrogens is 120 g/mol. The smallest absolute Gasteiger partial charge is 0.220 e. The van der Waals surface area contributed by atoms with Crippen molar-refractivity contribution in [2.75, 3.05) is 6.54 Å². The molecule has 1 amide bonds. The molecule has 0 aromatic heterocycles. The summed E-state index contributed by atoms with van der Waals surface area (Å²) in [5.41, 5.74) is 12.7. The van der Waals surface area contributed by atoms with Gasteiger partial charge in [-0.1, -0.05) is 12.0 Å². The van der Waals surface area contributed by atoms with E-state index in [-0.39, 0.29) is 12.5 Å². The minimum Gasteiger partial charge on any atom is -0.369 e. The Labute approximate surface area is 52.5 Å². The maximum Gasteiger partial charge on any atom is 0.220 e. The summed E-state index contributed by atoms with van der Waals surface area (Å²) in [6, 6.07) is 0. The van der Waals surface area contributed by atoms with E-state index in [9.17, 15) is 4.79 Å². The van der Waals surface area contributed by atoms with Crippen molar-refractivity contribution in [2.45, 2.75) is 6.92 Å². The fraction of sp³-hybridized carbons (Fsp3) is 0.750. The van der Waals surface area contributed by atoms with Gasteiger partial charge in [0.25, 0.3) is 0 Å². The average molecular weight is 128 g/mol. The van der Waals surface area contributed by atoms with Crippen LogP contribution in [0.4, 0.5) is 0 Å². The van der Waals surface area contributed by atoms with E-state index in [1.165, 1.54) is 0 Å². The Bertz CT molecular complexity index is 149. The summed E-state index contributed by atoms with van der Waals surface area (Å²) in [6.45, 7) is 1.75. The summed E-state index contributed by atoms with van der Waals surface area (Å²) in [4.78, 5) is 12.7. The van der Waals surface area contributed by atoms with Crippen LogP contribution in [0, 0.1) is 5.92 Å². The molecule has 0 aromatic rings. The first-order valence-corrected chi connectivity index (χ1v) is 2.48. The molecule has 0 aliphatic rings. The lowest BCUT2D eigenvalue weighted by Crippen LogP contribution is -2.22. The van der Waals surface area contributed by atoms with E-state index in [1.807, 2.05) is 0 Å². The molecule has 0 rings (SSSR count). The monoisotopic (exact) mass is 128 g/mol.